The first-order valence-electron chi connectivity index (χ1n) is 5.23. The summed E-state index contributed by atoms with van der Waals surface area (Å²) in [6, 6.07) is 10.6. The third kappa shape index (κ3) is 4.66. The lowest BCUT2D eigenvalue weighted by molar-refractivity contribution is 0.977. The third-order valence-corrected chi connectivity index (χ3v) is 2.15. The molecule has 0 nitrogen and oxygen atoms in total. The van der Waals surface area contributed by atoms with E-state index in [2.05, 4.69) is 49.1 Å². The SMILES string of the molecule is C=CCC/C=C/CCc1ccccc1. The van der Waals surface area contributed by atoms with E-state index < -0.39 is 0 Å². The minimum Gasteiger partial charge on any atom is -0.103 e. The van der Waals surface area contributed by atoms with Gasteiger partial charge in [0, 0.05) is 0 Å². The lowest BCUT2D eigenvalue weighted by atomic mass is 10.1. The predicted octanol–water partition coefficient (Wildman–Crippen LogP) is 4.14. The molecule has 0 aliphatic carbocycles. The highest BCUT2D eigenvalue weighted by Gasteiger charge is 1.87. The molecule has 14 heavy (non-hydrogen) atoms. The molecule has 0 radical (unpaired) electrons. The predicted molar refractivity (Wildman–Crippen MR) is 63.3 cm³/mol. The van der Waals surface area contributed by atoms with E-state index in [1.807, 2.05) is 6.08 Å². The van der Waals surface area contributed by atoms with Crippen molar-refractivity contribution in [1.82, 2.24) is 0 Å². The van der Waals surface area contributed by atoms with Crippen molar-refractivity contribution in [2.24, 2.45) is 0 Å². The fourth-order valence-corrected chi connectivity index (χ4v) is 1.34. The van der Waals surface area contributed by atoms with Gasteiger partial charge >= 0.3 is 0 Å². The van der Waals surface area contributed by atoms with E-state index in [0.29, 0.717) is 0 Å². The van der Waals surface area contributed by atoms with Gasteiger partial charge in [-0.15, -0.1) is 6.58 Å². The van der Waals surface area contributed by atoms with Gasteiger partial charge < -0.3 is 0 Å². The number of hydrogen-bond acceptors (Lipinski definition) is 0. The van der Waals surface area contributed by atoms with Crippen molar-refractivity contribution in [2.75, 3.05) is 0 Å². The molecule has 0 heteroatoms. The fraction of sp³-hybridized carbons (Fsp3) is 0.286. The Bertz CT molecular complexity index is 269. The quantitative estimate of drug-likeness (QED) is 0.462. The van der Waals surface area contributed by atoms with Crippen LogP contribution >= 0.6 is 0 Å². The monoisotopic (exact) mass is 186 g/mol. The van der Waals surface area contributed by atoms with Crippen LogP contribution in [0.15, 0.2) is 55.1 Å². The molecule has 1 aromatic rings. The molecular weight excluding hydrogens is 168 g/mol. The Balaban J connectivity index is 2.15. The normalized spacial score (nSPS) is 10.6. The van der Waals surface area contributed by atoms with Crippen molar-refractivity contribution in [3.63, 3.8) is 0 Å². The zero-order valence-electron chi connectivity index (χ0n) is 8.65. The number of benzene rings is 1. The van der Waals surface area contributed by atoms with Gasteiger partial charge in [0.1, 0.15) is 0 Å². The van der Waals surface area contributed by atoms with Crippen LogP contribution in [-0.4, -0.2) is 0 Å². The Morgan fingerprint density at radius 2 is 1.64 bits per heavy atom. The van der Waals surface area contributed by atoms with Crippen molar-refractivity contribution in [1.29, 1.82) is 0 Å². The molecule has 0 N–H and O–H groups in total. The largest absolute Gasteiger partial charge is 0.103 e. The van der Waals surface area contributed by atoms with Crippen LogP contribution in [0.25, 0.3) is 0 Å². The maximum absolute atomic E-state index is 3.69. The molecule has 0 aliphatic rings. The van der Waals surface area contributed by atoms with Gasteiger partial charge in [-0.05, 0) is 31.2 Å². The lowest BCUT2D eigenvalue weighted by Crippen LogP contribution is -1.80. The zero-order chi connectivity index (χ0) is 10.1. The molecule has 0 spiro atoms. The Labute approximate surface area is 87.0 Å². The maximum atomic E-state index is 3.69. The summed E-state index contributed by atoms with van der Waals surface area (Å²) in [5, 5.41) is 0. The zero-order valence-corrected chi connectivity index (χ0v) is 8.65. The molecule has 0 aromatic heterocycles. The standard InChI is InChI=1S/C14H18/c1-2-3-4-5-6-8-11-14-12-9-7-10-13-14/h2,5-7,9-10,12-13H,1,3-4,8,11H2/b6-5+. The van der Waals surface area contributed by atoms with Gasteiger partial charge in [-0.25, -0.2) is 0 Å². The highest BCUT2D eigenvalue weighted by molar-refractivity contribution is 5.15. The molecule has 0 atom stereocenters. The van der Waals surface area contributed by atoms with E-state index in [9.17, 15) is 0 Å². The minimum absolute atomic E-state index is 1.09. The fourth-order valence-electron chi connectivity index (χ4n) is 1.34. The first kappa shape index (κ1) is 10.8. The van der Waals surface area contributed by atoms with Crippen LogP contribution in [0.1, 0.15) is 24.8 Å². The summed E-state index contributed by atoms with van der Waals surface area (Å²) in [4.78, 5) is 0. The van der Waals surface area contributed by atoms with Crippen LogP contribution in [0.2, 0.25) is 0 Å². The van der Waals surface area contributed by atoms with E-state index in [-0.39, 0.29) is 0 Å². The Kier molecular flexibility index (Phi) is 5.49. The van der Waals surface area contributed by atoms with E-state index in [1.165, 1.54) is 5.56 Å². The van der Waals surface area contributed by atoms with Gasteiger partial charge in [0.2, 0.25) is 0 Å². The molecule has 0 aliphatic heterocycles. The molecule has 0 saturated heterocycles. The highest BCUT2D eigenvalue weighted by atomic mass is 13.9. The van der Waals surface area contributed by atoms with E-state index in [4.69, 9.17) is 0 Å². The highest BCUT2D eigenvalue weighted by Crippen LogP contribution is 2.03. The summed E-state index contributed by atoms with van der Waals surface area (Å²) < 4.78 is 0. The summed E-state index contributed by atoms with van der Waals surface area (Å²) in [7, 11) is 0. The Morgan fingerprint density at radius 1 is 0.929 bits per heavy atom. The summed E-state index contributed by atoms with van der Waals surface area (Å²) in [6.07, 6.45) is 11.0. The van der Waals surface area contributed by atoms with Crippen molar-refractivity contribution in [3.8, 4) is 0 Å². The summed E-state index contributed by atoms with van der Waals surface area (Å²) in [5.74, 6) is 0. The molecule has 1 rings (SSSR count). The molecular formula is C14H18. The maximum Gasteiger partial charge on any atom is -0.0244 e. The third-order valence-electron chi connectivity index (χ3n) is 2.15. The Morgan fingerprint density at radius 3 is 2.36 bits per heavy atom. The smallest absolute Gasteiger partial charge is 0.0244 e. The number of rotatable bonds is 6. The second-order valence-corrected chi connectivity index (χ2v) is 3.36. The second-order valence-electron chi connectivity index (χ2n) is 3.36. The molecule has 0 amide bonds. The van der Waals surface area contributed by atoms with Gasteiger partial charge in [-0.3, -0.25) is 0 Å². The molecule has 0 bridgehead atoms. The van der Waals surface area contributed by atoms with Crippen LogP contribution in [-0.2, 0) is 6.42 Å². The molecule has 0 unspecified atom stereocenters. The van der Waals surface area contributed by atoms with Crippen molar-refractivity contribution < 1.29 is 0 Å². The molecule has 0 heterocycles. The number of aryl methyl sites for hydroxylation is 1. The van der Waals surface area contributed by atoms with Crippen molar-refractivity contribution >= 4 is 0 Å². The molecule has 74 valence electrons. The molecule has 1 aromatic carbocycles. The Hall–Kier alpha value is -1.30. The number of hydrogen-bond donors (Lipinski definition) is 0. The van der Waals surface area contributed by atoms with Crippen molar-refractivity contribution in [2.45, 2.75) is 25.7 Å². The van der Waals surface area contributed by atoms with E-state index in [0.717, 1.165) is 25.7 Å². The van der Waals surface area contributed by atoms with Crippen LogP contribution in [0.3, 0.4) is 0 Å². The lowest BCUT2D eigenvalue weighted by Gasteiger charge is -1.96. The van der Waals surface area contributed by atoms with Gasteiger partial charge in [0.05, 0.1) is 0 Å². The van der Waals surface area contributed by atoms with Crippen molar-refractivity contribution in [3.05, 3.63) is 60.7 Å². The average molecular weight is 186 g/mol. The summed E-state index contributed by atoms with van der Waals surface area (Å²) >= 11 is 0. The van der Waals surface area contributed by atoms with Crippen LogP contribution in [0, 0.1) is 0 Å². The minimum atomic E-state index is 1.09. The topological polar surface area (TPSA) is 0 Å². The average Bonchev–Trinajstić information content (AvgIpc) is 2.25. The first-order valence-corrected chi connectivity index (χ1v) is 5.23. The van der Waals surface area contributed by atoms with Gasteiger partial charge in [0.25, 0.3) is 0 Å². The second kappa shape index (κ2) is 7.14. The van der Waals surface area contributed by atoms with E-state index in [1.54, 1.807) is 0 Å². The van der Waals surface area contributed by atoms with Gasteiger partial charge in [-0.1, -0.05) is 48.6 Å². The summed E-state index contributed by atoms with van der Waals surface area (Å²) in [5.41, 5.74) is 1.42. The van der Waals surface area contributed by atoms with E-state index >= 15 is 0 Å². The van der Waals surface area contributed by atoms with Crippen LogP contribution in [0.4, 0.5) is 0 Å². The molecule has 0 fully saturated rings. The summed E-state index contributed by atoms with van der Waals surface area (Å²) in [6.45, 7) is 3.69. The number of unbranched alkanes of at least 4 members (excludes halogenated alkanes) is 1. The van der Waals surface area contributed by atoms with Crippen LogP contribution in [0.5, 0.6) is 0 Å². The van der Waals surface area contributed by atoms with Gasteiger partial charge in [0.15, 0.2) is 0 Å². The first-order chi connectivity index (χ1) is 6.93. The number of allylic oxidation sites excluding steroid dienone is 3. The van der Waals surface area contributed by atoms with Gasteiger partial charge in [-0.2, -0.15) is 0 Å². The molecule has 0 saturated carbocycles. The van der Waals surface area contributed by atoms with Crippen LogP contribution < -0.4 is 0 Å².